The summed E-state index contributed by atoms with van der Waals surface area (Å²) in [6.07, 6.45) is 5.66. The van der Waals surface area contributed by atoms with Gasteiger partial charge in [0.25, 0.3) is 0 Å². The molecule has 2 atom stereocenters. The molecule has 1 aromatic carbocycles. The third-order valence-electron chi connectivity index (χ3n) is 5.05. The van der Waals surface area contributed by atoms with Crippen LogP contribution in [-0.4, -0.2) is 40.0 Å². The standard InChI is InChI=1S/C17H24ClNO3S/c1-22-14-6-7-15(12-14)23(20,21)17-8-5-13(11-16(17)18)19-9-3-2-4-10-19/h5,8,11,14-15H,2-4,6-7,9-10,12H2,1H3/t14-,15-/m0/s1. The van der Waals surface area contributed by atoms with Crippen molar-refractivity contribution in [2.24, 2.45) is 0 Å². The van der Waals surface area contributed by atoms with Gasteiger partial charge in [-0.25, -0.2) is 8.42 Å². The molecular formula is C17H24ClNO3S. The number of benzene rings is 1. The van der Waals surface area contributed by atoms with Crippen LogP contribution in [0.1, 0.15) is 38.5 Å². The summed E-state index contributed by atoms with van der Waals surface area (Å²) in [6, 6.07) is 5.39. The second-order valence-electron chi connectivity index (χ2n) is 6.50. The Balaban J connectivity index is 1.82. The molecule has 1 aliphatic heterocycles. The molecule has 1 saturated heterocycles. The third kappa shape index (κ3) is 3.52. The molecule has 0 radical (unpaired) electrons. The minimum Gasteiger partial charge on any atom is -0.381 e. The minimum absolute atomic E-state index is 0.0428. The summed E-state index contributed by atoms with van der Waals surface area (Å²) in [6.45, 7) is 2.03. The van der Waals surface area contributed by atoms with E-state index in [-0.39, 0.29) is 16.2 Å². The molecule has 2 fully saturated rings. The van der Waals surface area contributed by atoms with Crippen LogP contribution >= 0.6 is 11.6 Å². The monoisotopic (exact) mass is 357 g/mol. The number of piperidine rings is 1. The van der Waals surface area contributed by atoms with Crippen LogP contribution in [0.15, 0.2) is 23.1 Å². The quantitative estimate of drug-likeness (QED) is 0.824. The molecule has 6 heteroatoms. The summed E-state index contributed by atoms with van der Waals surface area (Å²) in [4.78, 5) is 2.55. The molecule has 1 aliphatic carbocycles. The summed E-state index contributed by atoms with van der Waals surface area (Å²) in [7, 11) is -1.75. The molecular weight excluding hydrogens is 334 g/mol. The SMILES string of the molecule is CO[C@H]1CC[C@H](S(=O)(=O)c2ccc(N3CCCCC3)cc2Cl)C1. The normalized spacial score (nSPS) is 25.7. The molecule has 1 aromatic rings. The molecule has 4 nitrogen and oxygen atoms in total. The molecule has 0 aromatic heterocycles. The molecule has 0 spiro atoms. The number of hydrogen-bond donors (Lipinski definition) is 0. The number of rotatable bonds is 4. The Kier molecular flexibility index (Phi) is 5.19. The van der Waals surface area contributed by atoms with Crippen LogP contribution in [0.2, 0.25) is 5.02 Å². The van der Waals surface area contributed by atoms with E-state index in [4.69, 9.17) is 16.3 Å². The van der Waals surface area contributed by atoms with Crippen molar-refractivity contribution in [2.75, 3.05) is 25.1 Å². The number of sulfone groups is 1. The van der Waals surface area contributed by atoms with Crippen molar-refractivity contribution in [1.29, 1.82) is 0 Å². The third-order valence-corrected chi connectivity index (χ3v) is 7.75. The van der Waals surface area contributed by atoms with Crippen LogP contribution in [0.3, 0.4) is 0 Å². The highest BCUT2D eigenvalue weighted by molar-refractivity contribution is 7.92. The topological polar surface area (TPSA) is 46.6 Å². The second kappa shape index (κ2) is 6.99. The van der Waals surface area contributed by atoms with E-state index in [1.165, 1.54) is 19.3 Å². The fourth-order valence-electron chi connectivity index (χ4n) is 3.65. The van der Waals surface area contributed by atoms with Crippen molar-refractivity contribution < 1.29 is 13.2 Å². The smallest absolute Gasteiger partial charge is 0.182 e. The van der Waals surface area contributed by atoms with Crippen molar-refractivity contribution in [3.8, 4) is 0 Å². The first-order valence-electron chi connectivity index (χ1n) is 8.33. The van der Waals surface area contributed by atoms with Gasteiger partial charge in [-0.05, 0) is 56.7 Å². The Labute approximate surface area is 143 Å². The summed E-state index contributed by atoms with van der Waals surface area (Å²) >= 11 is 6.34. The summed E-state index contributed by atoms with van der Waals surface area (Å²) in [5.74, 6) is 0. The van der Waals surface area contributed by atoms with E-state index in [0.29, 0.717) is 17.9 Å². The van der Waals surface area contributed by atoms with Gasteiger partial charge in [-0.2, -0.15) is 0 Å². The van der Waals surface area contributed by atoms with Crippen molar-refractivity contribution in [3.05, 3.63) is 23.2 Å². The van der Waals surface area contributed by atoms with Gasteiger partial charge < -0.3 is 9.64 Å². The first-order chi connectivity index (χ1) is 11.0. The predicted molar refractivity (Wildman–Crippen MR) is 93.1 cm³/mol. The summed E-state index contributed by atoms with van der Waals surface area (Å²) in [5.41, 5.74) is 1.02. The summed E-state index contributed by atoms with van der Waals surface area (Å²) < 4.78 is 31.0. The van der Waals surface area contributed by atoms with Crippen molar-refractivity contribution in [3.63, 3.8) is 0 Å². The van der Waals surface area contributed by atoms with E-state index < -0.39 is 9.84 Å². The molecule has 0 unspecified atom stereocenters. The van der Waals surface area contributed by atoms with Crippen LogP contribution in [0.5, 0.6) is 0 Å². The largest absolute Gasteiger partial charge is 0.381 e. The highest BCUT2D eigenvalue weighted by Gasteiger charge is 2.36. The molecule has 0 amide bonds. The number of halogens is 1. The first-order valence-corrected chi connectivity index (χ1v) is 10.3. The van der Waals surface area contributed by atoms with E-state index in [0.717, 1.165) is 25.2 Å². The van der Waals surface area contributed by atoms with Gasteiger partial charge in [-0.1, -0.05) is 11.6 Å². The molecule has 2 aliphatic rings. The number of nitrogens with zero attached hydrogens (tertiary/aromatic N) is 1. The van der Waals surface area contributed by atoms with Gasteiger partial charge in [0.15, 0.2) is 9.84 Å². The maximum Gasteiger partial charge on any atom is 0.182 e. The lowest BCUT2D eigenvalue weighted by atomic mass is 10.1. The summed E-state index contributed by atoms with van der Waals surface area (Å²) in [5, 5.41) is -0.0419. The molecule has 3 rings (SSSR count). The lowest BCUT2D eigenvalue weighted by Crippen LogP contribution is -2.29. The van der Waals surface area contributed by atoms with Gasteiger partial charge in [0.2, 0.25) is 0 Å². The van der Waals surface area contributed by atoms with E-state index in [9.17, 15) is 8.42 Å². The number of methoxy groups -OCH3 is 1. The Hall–Kier alpha value is -0.780. The average Bonchev–Trinajstić information content (AvgIpc) is 3.05. The predicted octanol–water partition coefficient (Wildman–Crippen LogP) is 3.67. The van der Waals surface area contributed by atoms with Gasteiger partial charge in [0.05, 0.1) is 21.3 Å². The van der Waals surface area contributed by atoms with E-state index in [2.05, 4.69) is 4.90 Å². The zero-order valence-corrected chi connectivity index (χ0v) is 15.1. The Morgan fingerprint density at radius 1 is 1.17 bits per heavy atom. The number of ether oxygens (including phenoxy) is 1. The molecule has 0 bridgehead atoms. The van der Waals surface area contributed by atoms with Crippen LogP contribution in [0.25, 0.3) is 0 Å². The maximum absolute atomic E-state index is 12.9. The van der Waals surface area contributed by atoms with Gasteiger partial charge in [0.1, 0.15) is 0 Å². The van der Waals surface area contributed by atoms with Gasteiger partial charge in [0, 0.05) is 25.9 Å². The zero-order valence-electron chi connectivity index (χ0n) is 13.5. The van der Waals surface area contributed by atoms with Crippen LogP contribution in [0.4, 0.5) is 5.69 Å². The molecule has 0 N–H and O–H groups in total. The number of anilines is 1. The van der Waals surface area contributed by atoms with Crippen molar-refractivity contribution >= 4 is 27.1 Å². The molecule has 128 valence electrons. The highest BCUT2D eigenvalue weighted by Crippen LogP contribution is 2.36. The second-order valence-corrected chi connectivity index (χ2v) is 9.10. The molecule has 23 heavy (non-hydrogen) atoms. The van der Waals surface area contributed by atoms with Gasteiger partial charge in [-0.3, -0.25) is 0 Å². The van der Waals surface area contributed by atoms with Crippen LogP contribution in [0, 0.1) is 0 Å². The maximum atomic E-state index is 12.9. The Morgan fingerprint density at radius 3 is 2.52 bits per heavy atom. The molecule has 1 saturated carbocycles. The molecule has 1 heterocycles. The highest BCUT2D eigenvalue weighted by atomic mass is 35.5. The zero-order chi connectivity index (χ0) is 16.4. The lowest BCUT2D eigenvalue weighted by Gasteiger charge is -2.29. The van der Waals surface area contributed by atoms with E-state index in [1.54, 1.807) is 13.2 Å². The lowest BCUT2D eigenvalue weighted by molar-refractivity contribution is 0.109. The number of hydrogen-bond acceptors (Lipinski definition) is 4. The van der Waals surface area contributed by atoms with Crippen molar-refractivity contribution in [2.45, 2.75) is 54.8 Å². The van der Waals surface area contributed by atoms with Crippen LogP contribution < -0.4 is 4.90 Å². The van der Waals surface area contributed by atoms with Gasteiger partial charge in [-0.15, -0.1) is 0 Å². The minimum atomic E-state index is -3.39. The average molecular weight is 358 g/mol. The van der Waals surface area contributed by atoms with Crippen LogP contribution in [-0.2, 0) is 14.6 Å². The van der Waals surface area contributed by atoms with E-state index >= 15 is 0 Å². The fourth-order valence-corrected chi connectivity index (χ4v) is 6.00. The fraction of sp³-hybridized carbons (Fsp3) is 0.647. The Morgan fingerprint density at radius 2 is 1.91 bits per heavy atom. The van der Waals surface area contributed by atoms with Gasteiger partial charge >= 0.3 is 0 Å². The first kappa shape index (κ1) is 17.1. The Bertz CT molecular complexity index is 656. The van der Waals surface area contributed by atoms with E-state index in [1.807, 2.05) is 12.1 Å². The van der Waals surface area contributed by atoms with Crippen molar-refractivity contribution in [1.82, 2.24) is 0 Å².